The highest BCUT2D eigenvalue weighted by Gasteiger charge is 2.12. The minimum Gasteiger partial charge on any atom is -0.480 e. The Morgan fingerprint density at radius 1 is 1.43 bits per heavy atom. The molecule has 9 heteroatoms. The third-order valence-corrected chi connectivity index (χ3v) is 1.29. The van der Waals surface area contributed by atoms with E-state index >= 15 is 0 Å². The second-order valence-corrected chi connectivity index (χ2v) is 2.50. The molecule has 82 valence electrons. The molecule has 0 aromatic heterocycles. The van der Waals surface area contributed by atoms with Crippen LogP contribution in [0.5, 0.6) is 0 Å². The molecule has 0 aliphatic carbocycles. The zero-order valence-electron chi connectivity index (χ0n) is 7.70. The average molecular weight is 207 g/mol. The molecule has 0 aliphatic heterocycles. The normalized spacial score (nSPS) is 10.9. The van der Waals surface area contributed by atoms with Gasteiger partial charge in [-0.2, -0.15) is 0 Å². The highest BCUT2D eigenvalue weighted by Crippen LogP contribution is 2.00. The van der Waals surface area contributed by atoms with Gasteiger partial charge < -0.3 is 30.9 Å². The van der Waals surface area contributed by atoms with Crippen molar-refractivity contribution in [3.63, 3.8) is 0 Å². The minimum absolute atomic E-state index is 0.168. The van der Waals surface area contributed by atoms with Crippen LogP contribution in [0, 0.1) is 0 Å². The number of carboxylic acid groups (broad SMARTS) is 1. The Kier molecular flexibility index (Phi) is 11.9. The molecule has 14 heavy (non-hydrogen) atoms. The second-order valence-electron chi connectivity index (χ2n) is 2.50. The van der Waals surface area contributed by atoms with Crippen molar-refractivity contribution in [1.82, 2.24) is 0 Å². The van der Waals surface area contributed by atoms with Crippen LogP contribution in [0.1, 0.15) is 12.8 Å². The lowest BCUT2D eigenvalue weighted by molar-refractivity contribution is -0.138. The van der Waals surface area contributed by atoms with Gasteiger partial charge in [0.05, 0.1) is 0 Å². The number of hydrogen-bond acceptors (Lipinski definition) is 6. The second kappa shape index (κ2) is 10.5. The number of carbonyl (C=O) groups is 1. The first-order chi connectivity index (χ1) is 6.45. The van der Waals surface area contributed by atoms with Crippen molar-refractivity contribution >= 4 is 20.8 Å². The van der Waals surface area contributed by atoms with Crippen molar-refractivity contribution in [3.05, 3.63) is 0 Å². The molecule has 0 radical (unpaired) electrons. The molecule has 0 saturated carbocycles. The van der Waals surface area contributed by atoms with Crippen molar-refractivity contribution in [3.8, 4) is 0 Å². The summed E-state index contributed by atoms with van der Waals surface area (Å²) in [5.41, 5.74) is 5.14. The topological polar surface area (TPSA) is 144 Å². The van der Waals surface area contributed by atoms with Crippen LogP contribution in [-0.4, -0.2) is 52.0 Å². The molecule has 1 unspecified atom stereocenters. The quantitative estimate of drug-likeness (QED) is 0.261. The van der Waals surface area contributed by atoms with E-state index in [0.29, 0.717) is 6.42 Å². The molecule has 0 fully saturated rings. The van der Waals surface area contributed by atoms with E-state index in [1.807, 2.05) is 0 Å². The molecule has 0 heterocycles. The van der Waals surface area contributed by atoms with E-state index in [9.17, 15) is 4.79 Å². The van der Waals surface area contributed by atoms with Crippen LogP contribution < -0.4 is 5.73 Å². The molecule has 0 spiro atoms. The predicted molar refractivity (Wildman–Crippen MR) is 51.4 cm³/mol. The Bertz CT molecular complexity index is 146. The molecule has 0 aromatic carbocycles. The Labute approximate surface area is 82.6 Å². The van der Waals surface area contributed by atoms with Crippen LogP contribution in [0.15, 0.2) is 0 Å². The van der Waals surface area contributed by atoms with Crippen LogP contribution in [0.2, 0.25) is 6.32 Å². The maximum Gasteiger partial charge on any atom is 0.451 e. The van der Waals surface area contributed by atoms with Gasteiger partial charge >= 0.3 is 20.8 Å². The largest absolute Gasteiger partial charge is 0.480 e. The SMILES string of the molecule is NC(CCCB(O)O)C(=O)O.OBO. The van der Waals surface area contributed by atoms with Gasteiger partial charge in [0, 0.05) is 0 Å². The first kappa shape index (κ1) is 15.9. The summed E-state index contributed by atoms with van der Waals surface area (Å²) >= 11 is 0. The number of hydrogen-bond donors (Lipinski definition) is 6. The van der Waals surface area contributed by atoms with Gasteiger partial charge in [0.25, 0.3) is 0 Å². The zero-order valence-corrected chi connectivity index (χ0v) is 7.70. The van der Waals surface area contributed by atoms with E-state index in [4.69, 9.17) is 30.9 Å². The maximum absolute atomic E-state index is 10.1. The van der Waals surface area contributed by atoms with Crippen molar-refractivity contribution < 1.29 is 30.0 Å². The molecular formula is C5H15B2NO6. The molecule has 0 aromatic rings. The van der Waals surface area contributed by atoms with E-state index in [0.717, 1.165) is 0 Å². The standard InChI is InChI=1S/C5H12BNO4.BH3O2/c7-4(5(8)9)2-1-3-6(10)11;2-1-3/h4,10-11H,1-3,7H2,(H,8,9);1-3H. The van der Waals surface area contributed by atoms with Crippen molar-refractivity contribution in [2.75, 3.05) is 0 Å². The number of rotatable bonds is 5. The van der Waals surface area contributed by atoms with Crippen LogP contribution in [-0.2, 0) is 4.79 Å². The lowest BCUT2D eigenvalue weighted by Gasteiger charge is -2.04. The fourth-order valence-corrected chi connectivity index (χ4v) is 0.644. The smallest absolute Gasteiger partial charge is 0.451 e. The third kappa shape index (κ3) is 14.0. The van der Waals surface area contributed by atoms with E-state index in [-0.39, 0.29) is 12.7 Å². The average Bonchev–Trinajstić information content (AvgIpc) is 2.04. The monoisotopic (exact) mass is 207 g/mol. The third-order valence-electron chi connectivity index (χ3n) is 1.29. The van der Waals surface area contributed by atoms with Crippen molar-refractivity contribution in [2.24, 2.45) is 5.73 Å². The first-order valence-electron chi connectivity index (χ1n) is 4.02. The number of carboxylic acids is 1. The van der Waals surface area contributed by atoms with Crippen molar-refractivity contribution in [1.29, 1.82) is 0 Å². The van der Waals surface area contributed by atoms with E-state index in [1.54, 1.807) is 0 Å². The summed E-state index contributed by atoms with van der Waals surface area (Å²) in [6.07, 6.45) is 0.846. The summed E-state index contributed by atoms with van der Waals surface area (Å²) in [5, 5.41) is 39.3. The van der Waals surface area contributed by atoms with Gasteiger partial charge in [0.1, 0.15) is 6.04 Å². The summed E-state index contributed by atoms with van der Waals surface area (Å²) < 4.78 is 0. The molecule has 0 saturated heterocycles. The highest BCUT2D eigenvalue weighted by atomic mass is 16.4. The van der Waals surface area contributed by atoms with E-state index in [2.05, 4.69) is 0 Å². The van der Waals surface area contributed by atoms with Crippen molar-refractivity contribution in [2.45, 2.75) is 25.2 Å². The van der Waals surface area contributed by atoms with Gasteiger partial charge in [0.15, 0.2) is 0 Å². The van der Waals surface area contributed by atoms with Crippen LogP contribution in [0.3, 0.4) is 0 Å². The van der Waals surface area contributed by atoms with Gasteiger partial charge in [-0.15, -0.1) is 0 Å². The molecule has 1 atom stereocenters. The van der Waals surface area contributed by atoms with Gasteiger partial charge in [-0.3, -0.25) is 4.79 Å². The van der Waals surface area contributed by atoms with Gasteiger partial charge in [-0.25, -0.2) is 0 Å². The van der Waals surface area contributed by atoms with Crippen LogP contribution in [0.25, 0.3) is 0 Å². The summed E-state index contributed by atoms with van der Waals surface area (Å²) in [7, 11) is -2.11. The number of aliphatic carboxylic acids is 1. The summed E-state index contributed by atoms with van der Waals surface area (Å²) in [5.74, 6) is -1.06. The van der Waals surface area contributed by atoms with Crippen LogP contribution >= 0.6 is 0 Å². The molecule has 0 amide bonds. The minimum atomic E-state index is -1.36. The molecule has 0 bridgehead atoms. The Morgan fingerprint density at radius 3 is 2.14 bits per heavy atom. The Morgan fingerprint density at radius 2 is 1.86 bits per heavy atom. The highest BCUT2D eigenvalue weighted by molar-refractivity contribution is 6.40. The molecular weight excluding hydrogens is 192 g/mol. The summed E-state index contributed by atoms with van der Waals surface area (Å²) in [6.45, 7) is 0. The Hall–Kier alpha value is -0.600. The molecule has 0 aliphatic rings. The lowest BCUT2D eigenvalue weighted by atomic mass is 9.83. The predicted octanol–water partition coefficient (Wildman–Crippen LogP) is -3.11. The molecule has 7 N–H and O–H groups in total. The van der Waals surface area contributed by atoms with Crippen LogP contribution in [0.4, 0.5) is 0 Å². The van der Waals surface area contributed by atoms with Gasteiger partial charge in [0.2, 0.25) is 0 Å². The summed E-state index contributed by atoms with van der Waals surface area (Å²) in [4.78, 5) is 10.1. The lowest BCUT2D eigenvalue weighted by Crippen LogP contribution is -2.30. The van der Waals surface area contributed by atoms with Gasteiger partial charge in [-0.05, 0) is 12.7 Å². The number of nitrogens with two attached hydrogens (primary N) is 1. The first-order valence-corrected chi connectivity index (χ1v) is 4.02. The fourth-order valence-electron chi connectivity index (χ4n) is 0.644. The summed E-state index contributed by atoms with van der Waals surface area (Å²) in [6, 6.07) is -0.895. The Balaban J connectivity index is 0. The maximum atomic E-state index is 10.1. The molecule has 0 rings (SSSR count). The molecule has 7 nitrogen and oxygen atoms in total. The fraction of sp³-hybridized carbons (Fsp3) is 0.800. The zero-order chi connectivity index (χ0) is 11.6. The van der Waals surface area contributed by atoms with E-state index < -0.39 is 26.8 Å². The van der Waals surface area contributed by atoms with E-state index in [1.165, 1.54) is 0 Å². The van der Waals surface area contributed by atoms with Gasteiger partial charge in [-0.1, -0.05) is 6.42 Å².